The van der Waals surface area contributed by atoms with Gasteiger partial charge in [-0.1, -0.05) is 0 Å². The lowest BCUT2D eigenvalue weighted by Gasteiger charge is -1.94. The predicted molar refractivity (Wildman–Crippen MR) is 49.7 cm³/mol. The van der Waals surface area contributed by atoms with E-state index < -0.39 is 0 Å². The monoisotopic (exact) mass is 193 g/mol. The van der Waals surface area contributed by atoms with Gasteiger partial charge in [0.15, 0.2) is 5.82 Å². The van der Waals surface area contributed by atoms with Gasteiger partial charge in [-0.3, -0.25) is 4.98 Å². The van der Waals surface area contributed by atoms with Gasteiger partial charge in [-0.2, -0.15) is 10.1 Å². The van der Waals surface area contributed by atoms with Crippen LogP contribution in [0.4, 0.5) is 0 Å². The maximum absolute atomic E-state index is 4.80. The highest BCUT2D eigenvalue weighted by Crippen LogP contribution is 2.12. The Kier molecular flexibility index (Phi) is 1.94. The molecule has 0 bridgehead atoms. The Hall–Kier alpha value is -1.49. The van der Waals surface area contributed by atoms with Crippen LogP contribution in [0.15, 0.2) is 22.9 Å². The summed E-state index contributed by atoms with van der Waals surface area (Å²) in [6.45, 7) is 1.99. The first-order valence-electron chi connectivity index (χ1n) is 3.74. The van der Waals surface area contributed by atoms with E-state index in [4.69, 9.17) is 16.7 Å². The Morgan fingerprint density at radius 2 is 2.38 bits per heavy atom. The molecule has 0 saturated heterocycles. The molecule has 0 aliphatic carbocycles. The second-order valence-corrected chi connectivity index (χ2v) is 3.00. The molecule has 2 aromatic heterocycles. The van der Waals surface area contributed by atoms with Crippen molar-refractivity contribution in [2.24, 2.45) is 0 Å². The molecule has 1 N–H and O–H groups in total. The quantitative estimate of drug-likeness (QED) is 0.705. The molecule has 0 aromatic carbocycles. The number of aromatic nitrogens is 3. The van der Waals surface area contributed by atoms with Crippen molar-refractivity contribution in [1.82, 2.24) is 15.1 Å². The molecular weight excluding hydrogens is 186 g/mol. The van der Waals surface area contributed by atoms with Crippen LogP contribution >= 0.6 is 12.2 Å². The number of hydrogen-bond acceptors (Lipinski definition) is 4. The fourth-order valence-electron chi connectivity index (χ4n) is 1.00. The summed E-state index contributed by atoms with van der Waals surface area (Å²) in [6.07, 6.45) is 1.72. The maximum atomic E-state index is 4.80. The molecule has 0 aliphatic rings. The molecule has 0 unspecified atom stereocenters. The number of rotatable bonds is 1. The van der Waals surface area contributed by atoms with Gasteiger partial charge in [0, 0.05) is 6.20 Å². The maximum Gasteiger partial charge on any atom is 0.314 e. The van der Waals surface area contributed by atoms with E-state index >= 15 is 0 Å². The molecule has 13 heavy (non-hydrogen) atoms. The summed E-state index contributed by atoms with van der Waals surface area (Å²) >= 11 is 4.73. The topological polar surface area (TPSA) is 54.7 Å². The molecule has 2 aromatic rings. The van der Waals surface area contributed by atoms with Crippen LogP contribution in [-0.4, -0.2) is 15.1 Å². The Morgan fingerprint density at radius 3 is 3.00 bits per heavy atom. The van der Waals surface area contributed by atoms with E-state index in [9.17, 15) is 0 Å². The zero-order valence-electron chi connectivity index (χ0n) is 6.94. The largest absolute Gasteiger partial charge is 0.348 e. The molecular formula is C8H7N3OS. The molecule has 0 fully saturated rings. The first-order valence-corrected chi connectivity index (χ1v) is 4.15. The first kappa shape index (κ1) is 8.12. The minimum absolute atomic E-state index is 0.193. The highest BCUT2D eigenvalue weighted by molar-refractivity contribution is 7.71. The fraction of sp³-hybridized carbons (Fsp3) is 0.125. The van der Waals surface area contributed by atoms with Crippen molar-refractivity contribution in [2.45, 2.75) is 6.92 Å². The third kappa shape index (κ3) is 1.65. The molecule has 0 saturated carbocycles. The summed E-state index contributed by atoms with van der Waals surface area (Å²) in [4.78, 5) is 8.27. The third-order valence-corrected chi connectivity index (χ3v) is 1.77. The molecule has 2 rings (SSSR count). The van der Waals surface area contributed by atoms with Crippen LogP contribution in [0.3, 0.4) is 0 Å². The van der Waals surface area contributed by atoms with Gasteiger partial charge < -0.3 is 4.52 Å². The number of hydrogen-bond donors (Lipinski definition) is 1. The van der Waals surface area contributed by atoms with Crippen LogP contribution in [0.5, 0.6) is 0 Å². The van der Waals surface area contributed by atoms with Gasteiger partial charge >= 0.3 is 4.84 Å². The second kappa shape index (κ2) is 3.10. The zero-order chi connectivity index (χ0) is 9.26. The minimum atomic E-state index is 0.193. The van der Waals surface area contributed by atoms with Crippen LogP contribution in [-0.2, 0) is 0 Å². The van der Waals surface area contributed by atoms with E-state index in [1.807, 2.05) is 19.1 Å². The normalized spacial score (nSPS) is 10.2. The van der Waals surface area contributed by atoms with E-state index in [2.05, 4.69) is 15.1 Å². The van der Waals surface area contributed by atoms with Crippen LogP contribution in [0.1, 0.15) is 5.56 Å². The fourth-order valence-corrected chi connectivity index (χ4v) is 1.14. The van der Waals surface area contributed by atoms with Crippen molar-refractivity contribution in [3.63, 3.8) is 0 Å². The lowest BCUT2D eigenvalue weighted by molar-refractivity contribution is 0.406. The van der Waals surface area contributed by atoms with E-state index in [0.29, 0.717) is 5.82 Å². The van der Waals surface area contributed by atoms with Gasteiger partial charge in [0.05, 0.1) is 0 Å². The van der Waals surface area contributed by atoms with Gasteiger partial charge in [0.1, 0.15) is 5.69 Å². The number of nitrogens with one attached hydrogen (secondary N) is 1. The van der Waals surface area contributed by atoms with Crippen LogP contribution in [0.2, 0.25) is 0 Å². The average molecular weight is 193 g/mol. The standard InChI is InChI=1S/C8H7N3OS/c1-5-2-3-9-6(4-5)7-10-8(13)12-11-7/h2-4H,1H3,(H,10,11,13). The van der Waals surface area contributed by atoms with Gasteiger partial charge in [0.25, 0.3) is 0 Å². The molecule has 0 radical (unpaired) electrons. The Bertz CT molecular complexity index is 474. The van der Waals surface area contributed by atoms with Gasteiger partial charge in [0.2, 0.25) is 0 Å². The lowest BCUT2D eigenvalue weighted by atomic mass is 10.2. The van der Waals surface area contributed by atoms with Gasteiger partial charge in [-0.15, -0.1) is 0 Å². The number of aromatic amines is 1. The molecule has 0 atom stereocenters. The van der Waals surface area contributed by atoms with Crippen LogP contribution < -0.4 is 0 Å². The summed E-state index contributed by atoms with van der Waals surface area (Å²) in [6, 6.07) is 3.82. The molecule has 5 heteroatoms. The number of aryl methyl sites for hydroxylation is 1. The van der Waals surface area contributed by atoms with Crippen molar-refractivity contribution in [2.75, 3.05) is 0 Å². The SMILES string of the molecule is Cc1ccnc(-c2nc(=S)o[nH]2)c1. The van der Waals surface area contributed by atoms with Gasteiger partial charge in [-0.25, -0.2) is 0 Å². The van der Waals surface area contributed by atoms with E-state index in [0.717, 1.165) is 11.3 Å². The summed E-state index contributed by atoms with van der Waals surface area (Å²) in [5.74, 6) is 0.564. The molecule has 0 amide bonds. The molecule has 4 nitrogen and oxygen atoms in total. The summed E-state index contributed by atoms with van der Waals surface area (Å²) in [7, 11) is 0. The molecule has 66 valence electrons. The first-order chi connectivity index (χ1) is 6.25. The Balaban J connectivity index is 2.52. The highest BCUT2D eigenvalue weighted by atomic mass is 32.1. The predicted octanol–water partition coefficient (Wildman–Crippen LogP) is 2.10. The smallest absolute Gasteiger partial charge is 0.314 e. The van der Waals surface area contributed by atoms with Crippen molar-refractivity contribution in [1.29, 1.82) is 0 Å². The highest BCUT2D eigenvalue weighted by Gasteiger charge is 2.02. The number of nitrogens with zero attached hydrogens (tertiary/aromatic N) is 2. The van der Waals surface area contributed by atoms with Gasteiger partial charge in [-0.05, 0) is 36.8 Å². The molecule has 0 aliphatic heterocycles. The lowest BCUT2D eigenvalue weighted by Crippen LogP contribution is -1.85. The Morgan fingerprint density at radius 1 is 1.54 bits per heavy atom. The number of H-pyrrole nitrogens is 1. The summed E-state index contributed by atoms with van der Waals surface area (Å²) in [5, 5.41) is 2.60. The number of pyridine rings is 1. The minimum Gasteiger partial charge on any atom is -0.348 e. The molecule has 2 heterocycles. The van der Waals surface area contributed by atoms with Crippen molar-refractivity contribution < 1.29 is 4.52 Å². The van der Waals surface area contributed by atoms with Crippen molar-refractivity contribution in [3.05, 3.63) is 28.7 Å². The van der Waals surface area contributed by atoms with Crippen LogP contribution in [0, 0.1) is 11.8 Å². The third-order valence-electron chi connectivity index (χ3n) is 1.60. The second-order valence-electron chi connectivity index (χ2n) is 2.65. The summed E-state index contributed by atoms with van der Waals surface area (Å²) in [5.41, 5.74) is 1.85. The van der Waals surface area contributed by atoms with Crippen molar-refractivity contribution in [3.8, 4) is 11.5 Å². The molecule has 0 spiro atoms. The van der Waals surface area contributed by atoms with Crippen molar-refractivity contribution >= 4 is 12.2 Å². The van der Waals surface area contributed by atoms with Crippen LogP contribution in [0.25, 0.3) is 11.5 Å². The van der Waals surface area contributed by atoms with E-state index in [-0.39, 0.29) is 4.84 Å². The zero-order valence-corrected chi connectivity index (χ0v) is 7.76. The van der Waals surface area contributed by atoms with E-state index in [1.165, 1.54) is 0 Å². The Labute approximate surface area is 79.6 Å². The van der Waals surface area contributed by atoms with E-state index in [1.54, 1.807) is 6.20 Å². The summed E-state index contributed by atoms with van der Waals surface area (Å²) < 4.78 is 4.80. The average Bonchev–Trinajstić information content (AvgIpc) is 2.52.